The first kappa shape index (κ1) is 8.46. The molecule has 0 heterocycles. The lowest BCUT2D eigenvalue weighted by molar-refractivity contribution is -0.102. The average molecular weight is 162 g/mol. The van der Waals surface area contributed by atoms with Crippen molar-refractivity contribution in [2.75, 3.05) is 7.05 Å². The first-order valence-electron chi connectivity index (χ1n) is 3.63. The topological polar surface area (TPSA) is 41.5 Å². The molecule has 0 atom stereocenters. The summed E-state index contributed by atoms with van der Waals surface area (Å²) >= 11 is 0. The normalized spacial score (nSPS) is 10.9. The molecule has 0 aliphatic rings. The molecular formula is C9H10N2O. The average Bonchev–Trinajstić information content (AvgIpc) is 2.15. The fourth-order valence-electron chi connectivity index (χ4n) is 0.888. The van der Waals surface area contributed by atoms with Crippen LogP contribution < -0.4 is 5.43 Å². The van der Waals surface area contributed by atoms with E-state index in [0.717, 1.165) is 11.8 Å². The van der Waals surface area contributed by atoms with Gasteiger partial charge in [0, 0.05) is 12.6 Å². The van der Waals surface area contributed by atoms with Crippen molar-refractivity contribution in [3.8, 4) is 0 Å². The molecule has 1 rings (SSSR count). The third-order valence-corrected chi connectivity index (χ3v) is 1.41. The monoisotopic (exact) mass is 162 g/mol. The van der Waals surface area contributed by atoms with Crippen LogP contribution in [-0.2, 0) is 4.79 Å². The maximum absolute atomic E-state index is 10.5. The zero-order valence-corrected chi connectivity index (χ0v) is 6.82. The Hall–Kier alpha value is -1.64. The van der Waals surface area contributed by atoms with Crippen molar-refractivity contribution in [1.29, 1.82) is 0 Å². The molecule has 1 N–H and O–H groups in total. The van der Waals surface area contributed by atoms with Crippen LogP contribution in [0, 0.1) is 0 Å². The van der Waals surface area contributed by atoms with E-state index in [4.69, 9.17) is 0 Å². The Labute approximate surface area is 71.1 Å². The quantitative estimate of drug-likeness (QED) is 0.406. The van der Waals surface area contributed by atoms with Crippen LogP contribution in [0.2, 0.25) is 0 Å². The van der Waals surface area contributed by atoms with Crippen LogP contribution in [0.4, 0.5) is 0 Å². The molecule has 0 radical (unpaired) electrons. The number of nitrogens with one attached hydrogen (secondary N) is 1. The summed E-state index contributed by atoms with van der Waals surface area (Å²) in [6, 6.07) is 9.30. The molecule has 0 bridgehead atoms. The zero-order valence-electron chi connectivity index (χ0n) is 6.82. The van der Waals surface area contributed by atoms with Gasteiger partial charge in [-0.3, -0.25) is 4.79 Å². The largest absolute Gasteiger partial charge is 0.312 e. The molecular weight excluding hydrogens is 152 g/mol. The fraction of sp³-hybridized carbons (Fsp3) is 0.111. The van der Waals surface area contributed by atoms with E-state index < -0.39 is 0 Å². The molecule has 0 unspecified atom stereocenters. The molecule has 0 aliphatic heterocycles. The van der Waals surface area contributed by atoms with Crippen molar-refractivity contribution in [2.24, 2.45) is 5.10 Å². The fourth-order valence-corrected chi connectivity index (χ4v) is 0.888. The Kier molecular flexibility index (Phi) is 3.02. The van der Waals surface area contributed by atoms with E-state index in [1.54, 1.807) is 7.05 Å². The van der Waals surface area contributed by atoms with E-state index in [0.29, 0.717) is 5.71 Å². The maximum Gasteiger partial charge on any atom is 0.170 e. The van der Waals surface area contributed by atoms with Gasteiger partial charge in [-0.05, 0) is 0 Å². The SMILES string of the molecule is CNN=C(C=O)c1ccccc1. The standard InChI is InChI=1S/C9H10N2O/c1-10-11-9(7-12)8-5-3-2-4-6-8/h2-7,10H,1H3. The van der Waals surface area contributed by atoms with E-state index in [2.05, 4.69) is 10.5 Å². The van der Waals surface area contributed by atoms with Gasteiger partial charge < -0.3 is 5.43 Å². The zero-order chi connectivity index (χ0) is 8.81. The summed E-state index contributed by atoms with van der Waals surface area (Å²) in [6.45, 7) is 0. The van der Waals surface area contributed by atoms with Gasteiger partial charge >= 0.3 is 0 Å². The summed E-state index contributed by atoms with van der Waals surface area (Å²) in [5, 5.41) is 3.81. The molecule has 0 saturated heterocycles. The van der Waals surface area contributed by atoms with Crippen molar-refractivity contribution in [3.63, 3.8) is 0 Å². The lowest BCUT2D eigenvalue weighted by atomic mass is 10.1. The van der Waals surface area contributed by atoms with Crippen molar-refractivity contribution in [2.45, 2.75) is 0 Å². The van der Waals surface area contributed by atoms with Crippen LogP contribution in [0.25, 0.3) is 0 Å². The molecule has 12 heavy (non-hydrogen) atoms. The molecule has 0 spiro atoms. The lowest BCUT2D eigenvalue weighted by Gasteiger charge is -1.97. The number of carbonyl (C=O) groups excluding carboxylic acids is 1. The van der Waals surface area contributed by atoms with Gasteiger partial charge in [0.25, 0.3) is 0 Å². The third kappa shape index (κ3) is 1.92. The molecule has 62 valence electrons. The van der Waals surface area contributed by atoms with Crippen molar-refractivity contribution in [1.82, 2.24) is 5.43 Å². The molecule has 0 fully saturated rings. The van der Waals surface area contributed by atoms with E-state index in [1.165, 1.54) is 0 Å². The number of hydrogen-bond acceptors (Lipinski definition) is 3. The number of benzene rings is 1. The summed E-state index contributed by atoms with van der Waals surface area (Å²) in [7, 11) is 1.66. The van der Waals surface area contributed by atoms with Gasteiger partial charge in [-0.15, -0.1) is 0 Å². The lowest BCUT2D eigenvalue weighted by Crippen LogP contribution is -2.07. The summed E-state index contributed by atoms with van der Waals surface area (Å²) in [5.41, 5.74) is 3.81. The summed E-state index contributed by atoms with van der Waals surface area (Å²) in [4.78, 5) is 10.5. The Balaban J connectivity index is 2.96. The van der Waals surface area contributed by atoms with Crippen LogP contribution in [0.5, 0.6) is 0 Å². The van der Waals surface area contributed by atoms with Crippen molar-refractivity contribution >= 4 is 12.0 Å². The van der Waals surface area contributed by atoms with Gasteiger partial charge in [0.1, 0.15) is 5.71 Å². The Bertz CT molecular complexity index is 280. The number of aldehydes is 1. The van der Waals surface area contributed by atoms with E-state index in [9.17, 15) is 4.79 Å². The molecule has 3 heteroatoms. The second-order valence-electron chi connectivity index (χ2n) is 2.20. The predicted molar refractivity (Wildman–Crippen MR) is 48.1 cm³/mol. The minimum Gasteiger partial charge on any atom is -0.312 e. The number of hydrazone groups is 1. The molecule has 1 aromatic carbocycles. The second kappa shape index (κ2) is 4.28. The highest BCUT2D eigenvalue weighted by atomic mass is 16.1. The van der Waals surface area contributed by atoms with Crippen LogP contribution in [0.3, 0.4) is 0 Å². The number of nitrogens with zero attached hydrogens (tertiary/aromatic N) is 1. The highest BCUT2D eigenvalue weighted by Crippen LogP contribution is 1.98. The number of rotatable bonds is 3. The minimum absolute atomic E-state index is 0.415. The van der Waals surface area contributed by atoms with E-state index >= 15 is 0 Å². The molecule has 0 amide bonds. The van der Waals surface area contributed by atoms with Crippen LogP contribution in [0.1, 0.15) is 5.56 Å². The molecule has 0 aromatic heterocycles. The highest BCUT2D eigenvalue weighted by Gasteiger charge is 1.98. The Morgan fingerprint density at radius 2 is 2.08 bits per heavy atom. The third-order valence-electron chi connectivity index (χ3n) is 1.41. The smallest absolute Gasteiger partial charge is 0.170 e. The van der Waals surface area contributed by atoms with Gasteiger partial charge in [-0.1, -0.05) is 30.3 Å². The number of carbonyl (C=O) groups is 1. The first-order chi connectivity index (χ1) is 5.88. The molecule has 1 aromatic rings. The van der Waals surface area contributed by atoms with Gasteiger partial charge in [0.05, 0.1) is 0 Å². The van der Waals surface area contributed by atoms with Crippen molar-refractivity contribution < 1.29 is 4.79 Å². The Morgan fingerprint density at radius 3 is 2.58 bits per heavy atom. The minimum atomic E-state index is 0.415. The summed E-state index contributed by atoms with van der Waals surface area (Å²) in [6.07, 6.45) is 0.728. The summed E-state index contributed by atoms with van der Waals surface area (Å²) < 4.78 is 0. The van der Waals surface area contributed by atoms with Crippen LogP contribution >= 0.6 is 0 Å². The van der Waals surface area contributed by atoms with Gasteiger partial charge in [0.15, 0.2) is 6.29 Å². The van der Waals surface area contributed by atoms with E-state index in [1.807, 2.05) is 30.3 Å². The molecule has 3 nitrogen and oxygen atoms in total. The van der Waals surface area contributed by atoms with Crippen molar-refractivity contribution in [3.05, 3.63) is 35.9 Å². The first-order valence-corrected chi connectivity index (χ1v) is 3.63. The molecule has 0 aliphatic carbocycles. The molecule has 0 saturated carbocycles. The Morgan fingerprint density at radius 1 is 1.42 bits per heavy atom. The van der Waals surface area contributed by atoms with E-state index in [-0.39, 0.29) is 0 Å². The maximum atomic E-state index is 10.5. The van der Waals surface area contributed by atoms with Gasteiger partial charge in [-0.25, -0.2) is 0 Å². The number of hydrogen-bond donors (Lipinski definition) is 1. The second-order valence-corrected chi connectivity index (χ2v) is 2.20. The van der Waals surface area contributed by atoms with Crippen LogP contribution in [-0.4, -0.2) is 19.0 Å². The van der Waals surface area contributed by atoms with Crippen LogP contribution in [0.15, 0.2) is 35.4 Å². The van der Waals surface area contributed by atoms with Gasteiger partial charge in [-0.2, -0.15) is 5.10 Å². The predicted octanol–water partition coefficient (Wildman–Crippen LogP) is 0.809. The highest BCUT2D eigenvalue weighted by molar-refractivity contribution is 6.36. The van der Waals surface area contributed by atoms with Gasteiger partial charge in [0.2, 0.25) is 0 Å². The summed E-state index contributed by atoms with van der Waals surface area (Å²) in [5.74, 6) is 0.